The number of aryl methyl sites for hydroxylation is 1. The molecule has 1 aromatic carbocycles. The quantitative estimate of drug-likeness (QED) is 0.903. The molecule has 3 nitrogen and oxygen atoms in total. The third kappa shape index (κ3) is 2.84. The van der Waals surface area contributed by atoms with Gasteiger partial charge in [-0.25, -0.2) is 4.39 Å². The van der Waals surface area contributed by atoms with E-state index in [0.29, 0.717) is 17.1 Å². The lowest BCUT2D eigenvalue weighted by Crippen LogP contribution is -2.06. The van der Waals surface area contributed by atoms with Crippen molar-refractivity contribution in [2.75, 3.05) is 0 Å². The molecule has 18 heavy (non-hydrogen) atoms. The molecule has 4 heteroatoms. The Bertz CT molecular complexity index is 538. The van der Waals surface area contributed by atoms with Gasteiger partial charge in [-0.15, -0.1) is 0 Å². The SMILES string of the molecule is Cc1cc(Oc2ccc(C(C)N)nc2)ccc1F. The molecule has 0 bridgehead atoms. The van der Waals surface area contributed by atoms with Crippen LogP contribution in [-0.2, 0) is 0 Å². The molecule has 1 unspecified atom stereocenters. The lowest BCUT2D eigenvalue weighted by molar-refractivity contribution is 0.476. The van der Waals surface area contributed by atoms with E-state index in [1.165, 1.54) is 6.07 Å². The molecule has 1 atom stereocenters. The first-order chi connectivity index (χ1) is 8.56. The first kappa shape index (κ1) is 12.5. The molecule has 0 aliphatic heterocycles. The van der Waals surface area contributed by atoms with E-state index in [1.54, 1.807) is 31.3 Å². The number of hydrogen-bond donors (Lipinski definition) is 1. The molecule has 1 aromatic heterocycles. The monoisotopic (exact) mass is 246 g/mol. The standard InChI is InChI=1S/C14H15FN2O/c1-9-7-11(3-5-13(9)15)18-12-4-6-14(10(2)16)17-8-12/h3-8,10H,16H2,1-2H3. The number of aromatic nitrogens is 1. The molecule has 0 aliphatic rings. The first-order valence-electron chi connectivity index (χ1n) is 5.72. The van der Waals surface area contributed by atoms with Crippen LogP contribution in [0.1, 0.15) is 24.2 Å². The van der Waals surface area contributed by atoms with Crippen LogP contribution in [0.4, 0.5) is 4.39 Å². The zero-order valence-corrected chi connectivity index (χ0v) is 10.4. The average Bonchev–Trinajstić information content (AvgIpc) is 2.34. The van der Waals surface area contributed by atoms with Crippen LogP contribution in [0.25, 0.3) is 0 Å². The minimum atomic E-state index is -0.243. The van der Waals surface area contributed by atoms with Gasteiger partial charge in [-0.1, -0.05) is 0 Å². The smallest absolute Gasteiger partial charge is 0.145 e. The van der Waals surface area contributed by atoms with Crippen LogP contribution in [-0.4, -0.2) is 4.98 Å². The van der Waals surface area contributed by atoms with Crippen molar-refractivity contribution >= 4 is 0 Å². The van der Waals surface area contributed by atoms with E-state index in [0.717, 1.165) is 5.69 Å². The summed E-state index contributed by atoms with van der Waals surface area (Å²) in [4.78, 5) is 4.19. The second-order valence-electron chi connectivity index (χ2n) is 4.22. The third-order valence-electron chi connectivity index (χ3n) is 2.59. The molecule has 0 saturated carbocycles. The lowest BCUT2D eigenvalue weighted by atomic mass is 10.2. The van der Waals surface area contributed by atoms with E-state index in [2.05, 4.69) is 4.98 Å². The number of pyridine rings is 1. The van der Waals surface area contributed by atoms with Crippen molar-refractivity contribution in [3.8, 4) is 11.5 Å². The Kier molecular flexibility index (Phi) is 3.58. The fourth-order valence-corrected chi connectivity index (χ4v) is 1.54. The molecule has 0 aliphatic carbocycles. The van der Waals surface area contributed by atoms with Crippen LogP contribution in [0.5, 0.6) is 11.5 Å². The van der Waals surface area contributed by atoms with Crippen LogP contribution >= 0.6 is 0 Å². The zero-order chi connectivity index (χ0) is 13.1. The number of ether oxygens (including phenoxy) is 1. The van der Waals surface area contributed by atoms with Crippen LogP contribution in [0.15, 0.2) is 36.5 Å². The van der Waals surface area contributed by atoms with E-state index < -0.39 is 0 Å². The maximum Gasteiger partial charge on any atom is 0.145 e. The van der Waals surface area contributed by atoms with Crippen molar-refractivity contribution in [3.63, 3.8) is 0 Å². The number of halogens is 1. The largest absolute Gasteiger partial charge is 0.456 e. The highest BCUT2D eigenvalue weighted by molar-refractivity contribution is 5.33. The zero-order valence-electron chi connectivity index (χ0n) is 10.4. The van der Waals surface area contributed by atoms with Crippen LogP contribution in [0, 0.1) is 12.7 Å². The van der Waals surface area contributed by atoms with Crippen molar-refractivity contribution < 1.29 is 9.13 Å². The topological polar surface area (TPSA) is 48.1 Å². The Morgan fingerprint density at radius 1 is 1.22 bits per heavy atom. The van der Waals surface area contributed by atoms with Gasteiger partial charge in [0, 0.05) is 6.04 Å². The predicted molar refractivity (Wildman–Crippen MR) is 68.1 cm³/mol. The molecule has 0 saturated heterocycles. The van der Waals surface area contributed by atoms with E-state index >= 15 is 0 Å². The summed E-state index contributed by atoms with van der Waals surface area (Å²) in [5.74, 6) is 0.947. The van der Waals surface area contributed by atoms with Gasteiger partial charge in [0.05, 0.1) is 11.9 Å². The number of hydrogen-bond acceptors (Lipinski definition) is 3. The van der Waals surface area contributed by atoms with Crippen molar-refractivity contribution in [2.45, 2.75) is 19.9 Å². The minimum absolute atomic E-state index is 0.105. The Hall–Kier alpha value is -1.94. The fourth-order valence-electron chi connectivity index (χ4n) is 1.54. The molecular weight excluding hydrogens is 231 g/mol. The highest BCUT2D eigenvalue weighted by Crippen LogP contribution is 2.23. The van der Waals surface area contributed by atoms with E-state index in [9.17, 15) is 4.39 Å². The molecule has 2 aromatic rings. The van der Waals surface area contributed by atoms with Gasteiger partial charge in [0.1, 0.15) is 17.3 Å². The number of benzene rings is 1. The van der Waals surface area contributed by atoms with Gasteiger partial charge >= 0.3 is 0 Å². The summed E-state index contributed by atoms with van der Waals surface area (Å²) in [5, 5.41) is 0. The van der Waals surface area contributed by atoms with Gasteiger partial charge in [-0.3, -0.25) is 4.98 Å². The molecule has 0 spiro atoms. The Morgan fingerprint density at radius 2 is 1.94 bits per heavy atom. The van der Waals surface area contributed by atoms with E-state index in [1.807, 2.05) is 13.0 Å². The van der Waals surface area contributed by atoms with E-state index in [-0.39, 0.29) is 11.9 Å². The van der Waals surface area contributed by atoms with Crippen molar-refractivity contribution in [1.82, 2.24) is 4.98 Å². The van der Waals surface area contributed by atoms with E-state index in [4.69, 9.17) is 10.5 Å². The summed E-state index contributed by atoms with van der Waals surface area (Å²) >= 11 is 0. The maximum absolute atomic E-state index is 13.1. The summed E-state index contributed by atoms with van der Waals surface area (Å²) in [7, 11) is 0. The van der Waals surface area contributed by atoms with Crippen molar-refractivity contribution in [3.05, 3.63) is 53.6 Å². The van der Waals surface area contributed by atoms with Gasteiger partial charge < -0.3 is 10.5 Å². The summed E-state index contributed by atoms with van der Waals surface area (Å²) in [6.07, 6.45) is 1.61. The van der Waals surface area contributed by atoms with Crippen LogP contribution in [0.2, 0.25) is 0 Å². The summed E-state index contributed by atoms with van der Waals surface area (Å²) in [5.41, 5.74) is 7.06. The van der Waals surface area contributed by atoms with Gasteiger partial charge in [-0.05, 0) is 49.7 Å². The maximum atomic E-state index is 13.1. The van der Waals surface area contributed by atoms with Gasteiger partial charge in [-0.2, -0.15) is 0 Å². The molecule has 0 radical (unpaired) electrons. The normalized spacial score (nSPS) is 12.2. The molecule has 1 heterocycles. The third-order valence-corrected chi connectivity index (χ3v) is 2.59. The Balaban J connectivity index is 2.15. The summed E-state index contributed by atoms with van der Waals surface area (Å²) in [6, 6.07) is 8.12. The molecular formula is C14H15FN2O. The highest BCUT2D eigenvalue weighted by atomic mass is 19.1. The predicted octanol–water partition coefficient (Wildman–Crippen LogP) is 3.34. The van der Waals surface area contributed by atoms with Crippen LogP contribution in [0.3, 0.4) is 0 Å². The second-order valence-corrected chi connectivity index (χ2v) is 4.22. The first-order valence-corrected chi connectivity index (χ1v) is 5.72. The summed E-state index contributed by atoms with van der Waals surface area (Å²) in [6.45, 7) is 3.56. The number of nitrogens with two attached hydrogens (primary N) is 1. The lowest BCUT2D eigenvalue weighted by Gasteiger charge is -2.08. The van der Waals surface area contributed by atoms with Crippen LogP contribution < -0.4 is 10.5 Å². The van der Waals surface area contributed by atoms with Crippen molar-refractivity contribution in [1.29, 1.82) is 0 Å². The Labute approximate surface area is 105 Å². The van der Waals surface area contributed by atoms with Crippen molar-refractivity contribution in [2.24, 2.45) is 5.73 Å². The van der Waals surface area contributed by atoms with Gasteiger partial charge in [0.15, 0.2) is 0 Å². The fraction of sp³-hybridized carbons (Fsp3) is 0.214. The molecule has 94 valence electrons. The van der Waals surface area contributed by atoms with Gasteiger partial charge in [0.2, 0.25) is 0 Å². The molecule has 0 fully saturated rings. The number of nitrogens with zero attached hydrogens (tertiary/aromatic N) is 1. The number of rotatable bonds is 3. The summed E-state index contributed by atoms with van der Waals surface area (Å²) < 4.78 is 18.7. The molecule has 0 amide bonds. The Morgan fingerprint density at radius 3 is 2.50 bits per heavy atom. The van der Waals surface area contributed by atoms with Gasteiger partial charge in [0.25, 0.3) is 0 Å². The minimum Gasteiger partial charge on any atom is -0.456 e. The highest BCUT2D eigenvalue weighted by Gasteiger charge is 2.04. The second kappa shape index (κ2) is 5.14. The molecule has 2 N–H and O–H groups in total. The average molecular weight is 246 g/mol. The molecule has 2 rings (SSSR count).